The van der Waals surface area contributed by atoms with E-state index in [9.17, 15) is 18.0 Å². The molecule has 0 aliphatic heterocycles. The Bertz CT molecular complexity index is 684. The Hall–Kier alpha value is -2.83. The summed E-state index contributed by atoms with van der Waals surface area (Å²) in [7, 11) is 0. The van der Waals surface area contributed by atoms with Gasteiger partial charge < -0.3 is 5.32 Å². The first-order chi connectivity index (χ1) is 10.9. The highest BCUT2D eigenvalue weighted by Crippen LogP contribution is 2.29. The molecule has 2 aromatic rings. The van der Waals surface area contributed by atoms with Gasteiger partial charge in [-0.25, -0.2) is 5.43 Å². The smallest absolute Gasteiger partial charge is 0.376 e. The maximum absolute atomic E-state index is 12.6. The van der Waals surface area contributed by atoms with Gasteiger partial charge in [-0.1, -0.05) is 30.3 Å². The summed E-state index contributed by atoms with van der Waals surface area (Å²) in [5, 5.41) is 6.53. The molecule has 0 aliphatic rings. The lowest BCUT2D eigenvalue weighted by atomic mass is 10.1. The number of para-hydroxylation sites is 1. The number of nitrogens with one attached hydrogen (secondary N) is 2. The molecular weight excluding hydrogens is 307 g/mol. The highest BCUT2D eigenvalue weighted by atomic mass is 19.4. The zero-order valence-electron chi connectivity index (χ0n) is 12.0. The van der Waals surface area contributed by atoms with Gasteiger partial charge in [0.25, 0.3) is 5.91 Å². The molecule has 0 unspecified atom stereocenters. The second-order valence-electron chi connectivity index (χ2n) is 4.64. The number of anilines is 1. The third kappa shape index (κ3) is 5.46. The van der Waals surface area contributed by atoms with E-state index < -0.39 is 17.6 Å². The van der Waals surface area contributed by atoms with Crippen LogP contribution in [0.15, 0.2) is 59.7 Å². The van der Waals surface area contributed by atoms with Crippen molar-refractivity contribution in [3.63, 3.8) is 0 Å². The molecule has 0 saturated heterocycles. The van der Waals surface area contributed by atoms with Gasteiger partial charge in [0.2, 0.25) is 0 Å². The monoisotopic (exact) mass is 321 g/mol. The Balaban J connectivity index is 1.85. The van der Waals surface area contributed by atoms with E-state index in [1.165, 1.54) is 12.1 Å². The molecule has 4 nitrogen and oxygen atoms in total. The van der Waals surface area contributed by atoms with E-state index in [1.807, 2.05) is 18.2 Å². The van der Waals surface area contributed by atoms with Crippen LogP contribution in [-0.4, -0.2) is 18.7 Å². The molecule has 0 heterocycles. The van der Waals surface area contributed by atoms with Gasteiger partial charge in [0.15, 0.2) is 0 Å². The largest absolute Gasteiger partial charge is 0.416 e. The van der Waals surface area contributed by atoms with Crippen molar-refractivity contribution in [1.29, 1.82) is 0 Å². The van der Waals surface area contributed by atoms with Crippen LogP contribution in [0.2, 0.25) is 0 Å². The third-order valence-corrected chi connectivity index (χ3v) is 2.84. The molecule has 0 spiro atoms. The van der Waals surface area contributed by atoms with Crippen LogP contribution >= 0.6 is 0 Å². The topological polar surface area (TPSA) is 53.5 Å². The van der Waals surface area contributed by atoms with Crippen molar-refractivity contribution in [2.75, 3.05) is 11.9 Å². The van der Waals surface area contributed by atoms with Gasteiger partial charge in [-0.3, -0.25) is 4.79 Å². The minimum absolute atomic E-state index is 0.00391. The molecule has 7 heteroatoms. The fourth-order valence-electron chi connectivity index (χ4n) is 1.75. The van der Waals surface area contributed by atoms with E-state index in [-0.39, 0.29) is 12.1 Å². The average Bonchev–Trinajstić information content (AvgIpc) is 2.53. The lowest BCUT2D eigenvalue weighted by Crippen LogP contribution is -2.25. The van der Waals surface area contributed by atoms with Crippen LogP contribution in [0.1, 0.15) is 11.1 Å². The standard InChI is InChI=1S/C16H14F3N3O/c17-16(18,19)13-6-4-5-12(9-13)10-21-22-15(23)11-20-14-7-2-1-3-8-14/h1-10,20H,11H2,(H,22,23)/b21-10-. The fraction of sp³-hybridized carbons (Fsp3) is 0.125. The Labute approximate surface area is 131 Å². The molecule has 1 amide bonds. The SMILES string of the molecule is O=C(CNc1ccccc1)N/N=C\c1cccc(C(F)(F)F)c1. The minimum Gasteiger partial charge on any atom is -0.376 e. The molecule has 120 valence electrons. The van der Waals surface area contributed by atoms with Crippen LogP contribution in [0.4, 0.5) is 18.9 Å². The zero-order valence-corrected chi connectivity index (χ0v) is 12.0. The number of carbonyl (C=O) groups is 1. The summed E-state index contributed by atoms with van der Waals surface area (Å²) < 4.78 is 37.7. The van der Waals surface area contributed by atoms with Gasteiger partial charge in [-0.2, -0.15) is 18.3 Å². The lowest BCUT2D eigenvalue weighted by molar-refractivity contribution is -0.137. The van der Waals surface area contributed by atoms with E-state index in [2.05, 4.69) is 15.8 Å². The van der Waals surface area contributed by atoms with Crippen LogP contribution < -0.4 is 10.7 Å². The lowest BCUT2D eigenvalue weighted by Gasteiger charge is -2.06. The van der Waals surface area contributed by atoms with Crippen LogP contribution in [-0.2, 0) is 11.0 Å². The second kappa shape index (κ2) is 7.44. The molecule has 2 rings (SSSR count). The number of nitrogens with zero attached hydrogens (tertiary/aromatic N) is 1. The Morgan fingerprint density at radius 1 is 1.09 bits per heavy atom. The molecular formula is C16H14F3N3O. The summed E-state index contributed by atoms with van der Waals surface area (Å²) in [6.07, 6.45) is -3.25. The maximum atomic E-state index is 12.6. The van der Waals surface area contributed by atoms with Crippen molar-refractivity contribution in [2.24, 2.45) is 5.10 Å². The highest BCUT2D eigenvalue weighted by molar-refractivity contribution is 5.84. The van der Waals surface area contributed by atoms with Crippen LogP contribution in [0.5, 0.6) is 0 Å². The van der Waals surface area contributed by atoms with Gasteiger partial charge >= 0.3 is 6.18 Å². The van der Waals surface area contributed by atoms with E-state index in [4.69, 9.17) is 0 Å². The summed E-state index contributed by atoms with van der Waals surface area (Å²) in [6, 6.07) is 13.8. The first-order valence-electron chi connectivity index (χ1n) is 6.73. The predicted octanol–water partition coefficient (Wildman–Crippen LogP) is 3.27. The molecule has 2 N–H and O–H groups in total. The number of alkyl halides is 3. The van der Waals surface area contributed by atoms with Crippen LogP contribution in [0, 0.1) is 0 Å². The van der Waals surface area contributed by atoms with Crippen LogP contribution in [0.25, 0.3) is 0 Å². The summed E-state index contributed by atoms with van der Waals surface area (Å²) in [4.78, 5) is 11.6. The summed E-state index contributed by atoms with van der Waals surface area (Å²) in [5.74, 6) is -0.405. The van der Waals surface area contributed by atoms with Crippen molar-refractivity contribution in [3.05, 3.63) is 65.7 Å². The third-order valence-electron chi connectivity index (χ3n) is 2.84. The summed E-state index contributed by atoms with van der Waals surface area (Å²) in [5.41, 5.74) is 2.51. The van der Waals surface area contributed by atoms with E-state index >= 15 is 0 Å². The normalized spacial score (nSPS) is 11.4. The number of benzene rings is 2. The van der Waals surface area contributed by atoms with E-state index in [0.29, 0.717) is 0 Å². The molecule has 0 bridgehead atoms. The summed E-state index contributed by atoms with van der Waals surface area (Å²) >= 11 is 0. The minimum atomic E-state index is -4.41. The van der Waals surface area contributed by atoms with Gasteiger partial charge in [0.05, 0.1) is 18.3 Å². The molecule has 0 atom stereocenters. The number of hydrogen-bond acceptors (Lipinski definition) is 3. The number of hydrazone groups is 1. The first kappa shape index (κ1) is 16.5. The molecule has 0 saturated carbocycles. The van der Waals surface area contributed by atoms with E-state index in [1.54, 1.807) is 12.1 Å². The Morgan fingerprint density at radius 2 is 1.83 bits per heavy atom. The molecule has 0 aliphatic carbocycles. The molecule has 0 aromatic heterocycles. The van der Waals surface area contributed by atoms with E-state index in [0.717, 1.165) is 24.0 Å². The molecule has 0 fully saturated rings. The number of rotatable bonds is 5. The van der Waals surface area contributed by atoms with Crippen molar-refractivity contribution in [2.45, 2.75) is 6.18 Å². The number of carbonyl (C=O) groups excluding carboxylic acids is 1. The molecule has 0 radical (unpaired) electrons. The van der Waals surface area contributed by atoms with Gasteiger partial charge in [0, 0.05) is 5.69 Å². The van der Waals surface area contributed by atoms with Crippen molar-refractivity contribution < 1.29 is 18.0 Å². The quantitative estimate of drug-likeness (QED) is 0.656. The Kier molecular flexibility index (Phi) is 5.35. The highest BCUT2D eigenvalue weighted by Gasteiger charge is 2.30. The van der Waals surface area contributed by atoms with Crippen LogP contribution in [0.3, 0.4) is 0 Å². The van der Waals surface area contributed by atoms with Gasteiger partial charge in [0.1, 0.15) is 0 Å². The fourth-order valence-corrected chi connectivity index (χ4v) is 1.75. The van der Waals surface area contributed by atoms with Gasteiger partial charge in [-0.15, -0.1) is 0 Å². The maximum Gasteiger partial charge on any atom is 0.416 e. The second-order valence-corrected chi connectivity index (χ2v) is 4.64. The molecule has 23 heavy (non-hydrogen) atoms. The van der Waals surface area contributed by atoms with Crippen molar-refractivity contribution in [3.8, 4) is 0 Å². The first-order valence-corrected chi connectivity index (χ1v) is 6.73. The summed E-state index contributed by atoms with van der Waals surface area (Å²) in [6.45, 7) is 0.00391. The number of hydrogen-bond donors (Lipinski definition) is 2. The van der Waals surface area contributed by atoms with Crippen molar-refractivity contribution >= 4 is 17.8 Å². The number of halogens is 3. The average molecular weight is 321 g/mol. The Morgan fingerprint density at radius 3 is 2.52 bits per heavy atom. The number of amides is 1. The zero-order chi connectivity index (χ0) is 16.7. The van der Waals surface area contributed by atoms with Gasteiger partial charge in [-0.05, 0) is 29.8 Å². The predicted molar refractivity (Wildman–Crippen MR) is 82.1 cm³/mol. The molecule has 2 aromatic carbocycles. The van der Waals surface area contributed by atoms with Crippen molar-refractivity contribution in [1.82, 2.24) is 5.43 Å².